The summed E-state index contributed by atoms with van der Waals surface area (Å²) in [6.45, 7) is 5.22. The van der Waals surface area contributed by atoms with Crippen molar-refractivity contribution in [2.24, 2.45) is 11.8 Å². The summed E-state index contributed by atoms with van der Waals surface area (Å²) in [5, 5.41) is 0. The van der Waals surface area contributed by atoms with Crippen LogP contribution in [0.25, 0.3) is 11.4 Å². The Morgan fingerprint density at radius 2 is 1.32 bits per heavy atom. The van der Waals surface area contributed by atoms with E-state index in [1.165, 1.54) is 70.6 Å². The number of esters is 1. The molecule has 1 aromatic heterocycles. The largest absolute Gasteiger partial charge is 0.494 e. The van der Waals surface area contributed by atoms with E-state index in [2.05, 4.69) is 23.8 Å². The number of hydrogen-bond donors (Lipinski definition) is 0. The van der Waals surface area contributed by atoms with Crippen LogP contribution >= 0.6 is 0 Å². The van der Waals surface area contributed by atoms with Crippen LogP contribution in [0.3, 0.4) is 0 Å². The van der Waals surface area contributed by atoms with Crippen molar-refractivity contribution in [1.29, 1.82) is 0 Å². The number of ether oxygens (including phenoxy) is 2. The van der Waals surface area contributed by atoms with Gasteiger partial charge in [0.1, 0.15) is 11.5 Å². The molecule has 0 aliphatic heterocycles. The second kappa shape index (κ2) is 16.9. The molecule has 0 saturated heterocycles. The van der Waals surface area contributed by atoms with Crippen molar-refractivity contribution in [1.82, 2.24) is 9.97 Å². The van der Waals surface area contributed by atoms with Crippen LogP contribution in [-0.4, -0.2) is 22.5 Å². The number of carbonyl (C=O) groups is 1. The fourth-order valence-corrected chi connectivity index (χ4v) is 5.79. The zero-order chi connectivity index (χ0) is 28.7. The maximum atomic E-state index is 12.7. The van der Waals surface area contributed by atoms with Gasteiger partial charge in [0.2, 0.25) is 0 Å². The lowest BCUT2D eigenvalue weighted by molar-refractivity contribution is 0.0734. The molecule has 1 saturated carbocycles. The topological polar surface area (TPSA) is 61.3 Å². The first-order chi connectivity index (χ1) is 20.1. The highest BCUT2D eigenvalue weighted by Crippen LogP contribution is 2.34. The standard InChI is InChI=1S/C36H48N2O3/c1-3-5-7-10-28-13-15-29(16-14-28)12-9-25-40-33-21-23-34(24-22-33)41-36(39)32-19-17-31(18-20-32)35-37-26-30(27-38-35)11-8-6-4-2/h17-24,26-29H,3-16,25H2,1-2H3/t28-,29-. The number of aryl methyl sites for hydroxylation is 1. The molecule has 0 unspecified atom stereocenters. The zero-order valence-corrected chi connectivity index (χ0v) is 25.2. The predicted molar refractivity (Wildman–Crippen MR) is 166 cm³/mol. The molecular weight excluding hydrogens is 508 g/mol. The van der Waals surface area contributed by atoms with Crippen molar-refractivity contribution in [3.63, 3.8) is 0 Å². The summed E-state index contributed by atoms with van der Waals surface area (Å²) in [5.74, 6) is 3.42. The lowest BCUT2D eigenvalue weighted by Crippen LogP contribution is -2.15. The van der Waals surface area contributed by atoms with Crippen LogP contribution in [-0.2, 0) is 6.42 Å². The van der Waals surface area contributed by atoms with Crippen LogP contribution in [0.2, 0.25) is 0 Å². The summed E-state index contributed by atoms with van der Waals surface area (Å²) in [6.07, 6.45) is 21.9. The van der Waals surface area contributed by atoms with Gasteiger partial charge in [-0.05, 0) is 79.5 Å². The average Bonchev–Trinajstić information content (AvgIpc) is 3.01. The first-order valence-electron chi connectivity index (χ1n) is 16.0. The molecule has 220 valence electrons. The van der Waals surface area contributed by atoms with Gasteiger partial charge in [0.25, 0.3) is 0 Å². The Bertz CT molecular complexity index is 1150. The van der Waals surface area contributed by atoms with Gasteiger partial charge in [0.15, 0.2) is 5.82 Å². The maximum absolute atomic E-state index is 12.7. The van der Waals surface area contributed by atoms with Crippen LogP contribution in [0.4, 0.5) is 0 Å². The third-order valence-corrected chi connectivity index (χ3v) is 8.40. The van der Waals surface area contributed by atoms with E-state index in [0.29, 0.717) is 17.1 Å². The molecule has 4 rings (SSSR count). The number of rotatable bonds is 16. The fraction of sp³-hybridized carbons (Fsp3) is 0.528. The summed E-state index contributed by atoms with van der Waals surface area (Å²) in [6, 6.07) is 14.6. The Hall–Kier alpha value is -3.21. The van der Waals surface area contributed by atoms with Gasteiger partial charge >= 0.3 is 5.97 Å². The van der Waals surface area contributed by atoms with Crippen molar-refractivity contribution in [3.05, 3.63) is 72.1 Å². The number of hydrogen-bond acceptors (Lipinski definition) is 5. The summed E-state index contributed by atoms with van der Waals surface area (Å²) in [4.78, 5) is 21.7. The summed E-state index contributed by atoms with van der Waals surface area (Å²) < 4.78 is 11.5. The second-order valence-corrected chi connectivity index (χ2v) is 11.7. The first-order valence-corrected chi connectivity index (χ1v) is 16.0. The zero-order valence-electron chi connectivity index (χ0n) is 25.2. The van der Waals surface area contributed by atoms with E-state index in [9.17, 15) is 4.79 Å². The van der Waals surface area contributed by atoms with Crippen LogP contribution in [0.5, 0.6) is 11.5 Å². The lowest BCUT2D eigenvalue weighted by atomic mass is 9.78. The molecule has 1 aliphatic rings. The SMILES string of the molecule is CCCCCc1cnc(-c2ccc(C(=O)Oc3ccc(OCCC[C@H]4CC[C@H](CCCCC)CC4)cc3)cc2)nc1. The Morgan fingerprint density at radius 3 is 1.95 bits per heavy atom. The van der Waals surface area contributed by atoms with Crippen molar-refractivity contribution >= 4 is 5.97 Å². The van der Waals surface area contributed by atoms with Crippen molar-refractivity contribution in [3.8, 4) is 22.9 Å². The van der Waals surface area contributed by atoms with Gasteiger partial charge in [-0.3, -0.25) is 0 Å². The third kappa shape index (κ3) is 10.3. The number of benzene rings is 2. The Balaban J connectivity index is 1.15. The second-order valence-electron chi connectivity index (χ2n) is 11.7. The first kappa shape index (κ1) is 30.7. The molecule has 2 aromatic carbocycles. The monoisotopic (exact) mass is 556 g/mol. The Labute approximate surface area is 247 Å². The molecule has 5 heteroatoms. The number of unbranched alkanes of at least 4 members (excludes halogenated alkanes) is 4. The van der Waals surface area contributed by atoms with E-state index in [4.69, 9.17) is 9.47 Å². The van der Waals surface area contributed by atoms with Gasteiger partial charge in [-0.15, -0.1) is 0 Å². The highest BCUT2D eigenvalue weighted by atomic mass is 16.5. The summed E-state index contributed by atoms with van der Waals surface area (Å²) in [7, 11) is 0. The smallest absolute Gasteiger partial charge is 0.343 e. The summed E-state index contributed by atoms with van der Waals surface area (Å²) in [5.41, 5.74) is 2.52. The van der Waals surface area contributed by atoms with Crippen LogP contribution < -0.4 is 9.47 Å². The molecule has 5 nitrogen and oxygen atoms in total. The Morgan fingerprint density at radius 1 is 0.732 bits per heavy atom. The van der Waals surface area contributed by atoms with E-state index >= 15 is 0 Å². The molecular formula is C36H48N2O3. The van der Waals surface area contributed by atoms with Crippen molar-refractivity contribution in [2.75, 3.05) is 6.61 Å². The molecule has 0 atom stereocenters. The summed E-state index contributed by atoms with van der Waals surface area (Å²) >= 11 is 0. The molecule has 0 N–H and O–H groups in total. The van der Waals surface area contributed by atoms with Gasteiger partial charge in [-0.1, -0.05) is 90.2 Å². The molecule has 1 aliphatic carbocycles. The van der Waals surface area contributed by atoms with Crippen LogP contribution in [0.1, 0.15) is 113 Å². The number of aromatic nitrogens is 2. The Kier molecular flexibility index (Phi) is 12.7. The molecule has 3 aromatic rings. The highest BCUT2D eigenvalue weighted by molar-refractivity contribution is 5.91. The minimum absolute atomic E-state index is 0.391. The van der Waals surface area contributed by atoms with Gasteiger partial charge in [-0.2, -0.15) is 0 Å². The number of carbonyl (C=O) groups excluding carboxylic acids is 1. The molecule has 0 spiro atoms. The quantitative estimate of drug-likeness (QED) is 0.0998. The third-order valence-electron chi connectivity index (χ3n) is 8.40. The fourth-order valence-electron chi connectivity index (χ4n) is 5.79. The average molecular weight is 557 g/mol. The lowest BCUT2D eigenvalue weighted by Gasteiger charge is -2.28. The van der Waals surface area contributed by atoms with Gasteiger partial charge in [0.05, 0.1) is 12.2 Å². The van der Waals surface area contributed by atoms with E-state index in [0.717, 1.165) is 54.6 Å². The van der Waals surface area contributed by atoms with Crippen LogP contribution in [0, 0.1) is 11.8 Å². The van der Waals surface area contributed by atoms with Gasteiger partial charge in [-0.25, -0.2) is 14.8 Å². The molecule has 0 amide bonds. The normalized spacial score (nSPS) is 16.8. The molecule has 0 radical (unpaired) electrons. The minimum Gasteiger partial charge on any atom is -0.494 e. The minimum atomic E-state index is -0.391. The predicted octanol–water partition coefficient (Wildman–Crippen LogP) is 9.64. The van der Waals surface area contributed by atoms with E-state index in [1.54, 1.807) is 24.3 Å². The van der Waals surface area contributed by atoms with E-state index < -0.39 is 5.97 Å². The molecule has 1 heterocycles. The maximum Gasteiger partial charge on any atom is 0.343 e. The van der Waals surface area contributed by atoms with Crippen molar-refractivity contribution < 1.29 is 14.3 Å². The van der Waals surface area contributed by atoms with Crippen LogP contribution in [0.15, 0.2) is 60.9 Å². The van der Waals surface area contributed by atoms with Gasteiger partial charge < -0.3 is 9.47 Å². The van der Waals surface area contributed by atoms with Crippen molar-refractivity contribution in [2.45, 2.75) is 104 Å². The number of nitrogens with zero attached hydrogens (tertiary/aromatic N) is 2. The molecule has 0 bridgehead atoms. The van der Waals surface area contributed by atoms with Gasteiger partial charge in [0, 0.05) is 18.0 Å². The highest BCUT2D eigenvalue weighted by Gasteiger charge is 2.20. The van der Waals surface area contributed by atoms with E-state index in [-0.39, 0.29) is 0 Å². The van der Waals surface area contributed by atoms with E-state index in [1.807, 2.05) is 36.7 Å². The molecule has 1 fully saturated rings. The molecule has 41 heavy (non-hydrogen) atoms.